The monoisotopic (exact) mass is 351 g/mol. The Morgan fingerprint density at radius 3 is 2.46 bits per heavy atom. The second kappa shape index (κ2) is 8.47. The van der Waals surface area contributed by atoms with E-state index >= 15 is 0 Å². The smallest absolute Gasteiger partial charge is 0.244 e. The molecule has 2 aromatic rings. The van der Waals surface area contributed by atoms with Crippen LogP contribution >= 0.6 is 0 Å². The lowest BCUT2D eigenvalue weighted by Gasteiger charge is -2.26. The number of aryl methyl sites for hydroxylation is 1. The van der Waals surface area contributed by atoms with Gasteiger partial charge in [0.15, 0.2) is 0 Å². The topological polar surface area (TPSA) is 49.6 Å². The summed E-state index contributed by atoms with van der Waals surface area (Å²) in [6, 6.07) is 18.3. The summed E-state index contributed by atoms with van der Waals surface area (Å²) in [5.74, 6) is 0.0302. The first-order valence-corrected chi connectivity index (χ1v) is 9.43. The average Bonchev–Trinajstić information content (AvgIpc) is 2.84. The van der Waals surface area contributed by atoms with Crippen molar-refractivity contribution in [1.82, 2.24) is 9.80 Å². The summed E-state index contributed by atoms with van der Waals surface area (Å²) >= 11 is 0. The number of hydrogen-bond donors (Lipinski definition) is 1. The van der Waals surface area contributed by atoms with Gasteiger partial charge in [-0.25, -0.2) is 0 Å². The van der Waals surface area contributed by atoms with Gasteiger partial charge in [0, 0.05) is 32.2 Å². The lowest BCUT2D eigenvalue weighted by Crippen LogP contribution is -2.40. The molecule has 4 heteroatoms. The second-order valence-electron chi connectivity index (χ2n) is 7.31. The molecule has 26 heavy (non-hydrogen) atoms. The van der Waals surface area contributed by atoms with Crippen LogP contribution in [0.4, 0.5) is 0 Å². The quantitative estimate of drug-likeness (QED) is 0.921. The molecule has 0 aromatic heterocycles. The fourth-order valence-electron chi connectivity index (χ4n) is 3.49. The molecule has 138 valence electrons. The summed E-state index contributed by atoms with van der Waals surface area (Å²) in [6.07, 6.45) is 0.971. The summed E-state index contributed by atoms with van der Waals surface area (Å²) in [6.45, 7) is 7.59. The van der Waals surface area contributed by atoms with Gasteiger partial charge in [0.1, 0.15) is 6.04 Å². The van der Waals surface area contributed by atoms with Crippen molar-refractivity contribution in [3.05, 3.63) is 71.3 Å². The maximum Gasteiger partial charge on any atom is 0.244 e. The Hall–Kier alpha value is -2.17. The number of hydrogen-bond acceptors (Lipinski definition) is 3. The van der Waals surface area contributed by atoms with Gasteiger partial charge in [0.2, 0.25) is 5.91 Å². The highest BCUT2D eigenvalue weighted by Gasteiger charge is 2.27. The maximum atomic E-state index is 12.9. The van der Waals surface area contributed by atoms with Gasteiger partial charge in [-0.1, -0.05) is 60.2 Å². The van der Waals surface area contributed by atoms with Gasteiger partial charge in [-0.05, 0) is 31.4 Å². The van der Waals surface area contributed by atoms with Gasteiger partial charge in [0.05, 0.1) is 0 Å². The number of benzene rings is 2. The summed E-state index contributed by atoms with van der Waals surface area (Å²) in [5.41, 5.74) is 9.64. The molecule has 0 saturated carbocycles. The van der Waals surface area contributed by atoms with Crippen LogP contribution < -0.4 is 5.73 Å². The molecule has 2 aromatic carbocycles. The molecule has 0 spiro atoms. The van der Waals surface area contributed by atoms with Crippen LogP contribution in [0.1, 0.15) is 36.1 Å². The molecule has 4 nitrogen and oxygen atoms in total. The van der Waals surface area contributed by atoms with Crippen molar-refractivity contribution in [3.63, 3.8) is 0 Å². The first-order chi connectivity index (χ1) is 12.5. The van der Waals surface area contributed by atoms with Crippen LogP contribution in [0.25, 0.3) is 0 Å². The number of carbonyl (C=O) groups excluding carboxylic acids is 1. The molecule has 1 saturated heterocycles. The predicted molar refractivity (Wildman–Crippen MR) is 106 cm³/mol. The molecule has 2 N–H and O–H groups in total. The number of rotatable bonds is 4. The first-order valence-electron chi connectivity index (χ1n) is 9.43. The van der Waals surface area contributed by atoms with Gasteiger partial charge in [0.25, 0.3) is 0 Å². The van der Waals surface area contributed by atoms with Gasteiger partial charge in [-0.15, -0.1) is 0 Å². The molecular weight excluding hydrogens is 322 g/mol. The average molecular weight is 351 g/mol. The fraction of sp³-hybridized carbons (Fsp3) is 0.409. The van der Waals surface area contributed by atoms with Crippen LogP contribution in [0, 0.1) is 6.92 Å². The van der Waals surface area contributed by atoms with E-state index in [1.54, 1.807) is 0 Å². The minimum atomic E-state index is -0.577. The molecule has 0 aliphatic carbocycles. The van der Waals surface area contributed by atoms with Crippen LogP contribution in [-0.4, -0.2) is 41.4 Å². The van der Waals surface area contributed by atoms with Crippen molar-refractivity contribution >= 4 is 5.91 Å². The Kier molecular flexibility index (Phi) is 6.07. The van der Waals surface area contributed by atoms with Crippen molar-refractivity contribution in [2.24, 2.45) is 5.73 Å². The molecule has 1 aliphatic heterocycles. The molecule has 2 unspecified atom stereocenters. The third-order valence-electron chi connectivity index (χ3n) is 5.34. The van der Waals surface area contributed by atoms with Gasteiger partial charge >= 0.3 is 0 Å². The Morgan fingerprint density at radius 2 is 1.77 bits per heavy atom. The summed E-state index contributed by atoms with van der Waals surface area (Å²) in [4.78, 5) is 17.3. The summed E-state index contributed by atoms with van der Waals surface area (Å²) < 4.78 is 0. The predicted octanol–water partition coefficient (Wildman–Crippen LogP) is 3.12. The van der Waals surface area contributed by atoms with Crippen LogP contribution in [0.2, 0.25) is 0 Å². The van der Waals surface area contributed by atoms with E-state index in [4.69, 9.17) is 5.73 Å². The van der Waals surface area contributed by atoms with Crippen molar-refractivity contribution in [2.45, 2.75) is 38.9 Å². The van der Waals surface area contributed by atoms with Gasteiger partial charge in [-0.2, -0.15) is 0 Å². The van der Waals surface area contributed by atoms with E-state index in [-0.39, 0.29) is 5.91 Å². The number of carbonyl (C=O) groups is 1. The lowest BCUT2D eigenvalue weighted by atomic mass is 10.0. The normalized spacial score (nSPS) is 19.8. The van der Waals surface area contributed by atoms with E-state index in [9.17, 15) is 4.79 Å². The van der Waals surface area contributed by atoms with Crippen LogP contribution in [0.5, 0.6) is 0 Å². The third kappa shape index (κ3) is 4.51. The zero-order chi connectivity index (χ0) is 18.5. The van der Waals surface area contributed by atoms with Crippen molar-refractivity contribution in [3.8, 4) is 0 Å². The first kappa shape index (κ1) is 18.6. The van der Waals surface area contributed by atoms with Crippen molar-refractivity contribution in [1.29, 1.82) is 0 Å². The van der Waals surface area contributed by atoms with Crippen molar-refractivity contribution < 1.29 is 4.79 Å². The highest BCUT2D eigenvalue weighted by atomic mass is 16.2. The minimum absolute atomic E-state index is 0.0302. The van der Waals surface area contributed by atoms with Gasteiger partial charge < -0.3 is 10.6 Å². The number of nitrogens with two attached hydrogens (primary N) is 1. The van der Waals surface area contributed by atoms with Gasteiger partial charge in [-0.3, -0.25) is 9.69 Å². The highest BCUT2D eigenvalue weighted by molar-refractivity contribution is 5.83. The minimum Gasteiger partial charge on any atom is -0.340 e. The SMILES string of the molecule is Cc1ccc(C(N)C(=O)N2CCC(C)N(Cc3ccccc3)CC2)cc1. The van der Waals surface area contributed by atoms with E-state index in [0.29, 0.717) is 6.04 Å². The second-order valence-corrected chi connectivity index (χ2v) is 7.31. The summed E-state index contributed by atoms with van der Waals surface area (Å²) in [7, 11) is 0. The zero-order valence-electron chi connectivity index (χ0n) is 15.8. The Bertz CT molecular complexity index is 714. The van der Waals surface area contributed by atoms with E-state index < -0.39 is 6.04 Å². The molecule has 0 bridgehead atoms. The van der Waals surface area contributed by atoms with Crippen LogP contribution in [0.3, 0.4) is 0 Å². The Balaban J connectivity index is 1.63. The molecular formula is C22H29N3O. The fourth-order valence-corrected chi connectivity index (χ4v) is 3.49. The molecule has 2 atom stereocenters. The van der Waals surface area contributed by atoms with Crippen molar-refractivity contribution in [2.75, 3.05) is 19.6 Å². The number of nitrogens with zero attached hydrogens (tertiary/aromatic N) is 2. The standard InChI is InChI=1S/C22H29N3O/c1-17-8-10-20(11-9-17)21(23)22(26)24-13-12-18(2)25(15-14-24)16-19-6-4-3-5-7-19/h3-11,18,21H,12-16,23H2,1-2H3. The van der Waals surface area contributed by atoms with E-state index in [2.05, 4.69) is 36.1 Å². The lowest BCUT2D eigenvalue weighted by molar-refractivity contribution is -0.132. The Morgan fingerprint density at radius 1 is 1.08 bits per heavy atom. The van der Waals surface area contributed by atoms with E-state index in [0.717, 1.165) is 38.2 Å². The van der Waals surface area contributed by atoms with Crippen LogP contribution in [-0.2, 0) is 11.3 Å². The molecule has 0 radical (unpaired) electrons. The summed E-state index contributed by atoms with van der Waals surface area (Å²) in [5, 5.41) is 0. The van der Waals surface area contributed by atoms with Crippen LogP contribution in [0.15, 0.2) is 54.6 Å². The maximum absolute atomic E-state index is 12.9. The number of amides is 1. The molecule has 1 fully saturated rings. The zero-order valence-corrected chi connectivity index (χ0v) is 15.8. The van der Waals surface area contributed by atoms with E-state index in [1.807, 2.05) is 42.2 Å². The largest absolute Gasteiger partial charge is 0.340 e. The Labute approximate surface area is 156 Å². The molecule has 1 aliphatic rings. The van der Waals surface area contributed by atoms with E-state index in [1.165, 1.54) is 11.1 Å². The third-order valence-corrected chi connectivity index (χ3v) is 5.34. The molecule has 1 heterocycles. The molecule has 1 amide bonds. The highest BCUT2D eigenvalue weighted by Crippen LogP contribution is 2.19. The molecule has 3 rings (SSSR count).